The number of aromatic amines is 1. The van der Waals surface area contributed by atoms with Crippen LogP contribution in [0.1, 0.15) is 16.1 Å². The third-order valence-corrected chi connectivity index (χ3v) is 5.21. The van der Waals surface area contributed by atoms with Crippen molar-refractivity contribution >= 4 is 39.1 Å². The smallest absolute Gasteiger partial charge is 0.416 e. The predicted octanol–water partition coefficient (Wildman–Crippen LogP) is 5.76. The molecule has 1 amide bonds. The van der Waals surface area contributed by atoms with E-state index in [1.54, 1.807) is 48.7 Å². The fourth-order valence-corrected chi connectivity index (χ4v) is 3.55. The summed E-state index contributed by atoms with van der Waals surface area (Å²) < 4.78 is 45.1. The number of ether oxygens (including phenoxy) is 1. The lowest BCUT2D eigenvalue weighted by molar-refractivity contribution is -0.137. The average Bonchev–Trinajstić information content (AvgIpc) is 3.24. The Hall–Kier alpha value is -4.60. The standard InChI is InChI=1S/C24H16F3N5O2/c25-24(26,27)13-4-9-19-17(12-13)22(32-31-19)23(33)30-14-5-7-15(8-6-14)34-20-10-11-29-21-16(20)2-1-3-18(21)28/h1-12H,28H2,(H,30,33)(H,31,32). The number of alkyl halides is 3. The van der Waals surface area contributed by atoms with Gasteiger partial charge in [-0.15, -0.1) is 0 Å². The van der Waals surface area contributed by atoms with Gasteiger partial charge in [0.1, 0.15) is 11.5 Å². The maximum absolute atomic E-state index is 13.0. The lowest BCUT2D eigenvalue weighted by Crippen LogP contribution is -2.13. The van der Waals surface area contributed by atoms with Crippen LogP contribution in [0.5, 0.6) is 11.5 Å². The molecular weight excluding hydrogens is 447 g/mol. The summed E-state index contributed by atoms with van der Waals surface area (Å²) in [5, 5.41) is 9.93. The Bertz CT molecular complexity index is 1530. The predicted molar refractivity (Wildman–Crippen MR) is 122 cm³/mol. The van der Waals surface area contributed by atoms with Crippen LogP contribution in [0, 0.1) is 0 Å². The van der Waals surface area contributed by atoms with Crippen molar-refractivity contribution in [2.24, 2.45) is 0 Å². The number of nitrogens with zero attached hydrogens (tertiary/aromatic N) is 2. The summed E-state index contributed by atoms with van der Waals surface area (Å²) in [6, 6.07) is 16.7. The Balaban J connectivity index is 1.35. The molecule has 2 aromatic heterocycles. The van der Waals surface area contributed by atoms with E-state index in [1.165, 1.54) is 6.07 Å². The van der Waals surface area contributed by atoms with E-state index in [2.05, 4.69) is 20.5 Å². The van der Waals surface area contributed by atoms with Crippen molar-refractivity contribution in [3.05, 3.63) is 84.2 Å². The molecule has 5 rings (SSSR count). The Morgan fingerprint density at radius 3 is 2.56 bits per heavy atom. The number of anilines is 2. The highest BCUT2D eigenvalue weighted by Gasteiger charge is 2.31. The zero-order chi connectivity index (χ0) is 23.9. The second-order valence-corrected chi connectivity index (χ2v) is 7.46. The van der Waals surface area contributed by atoms with Gasteiger partial charge in [-0.3, -0.25) is 14.9 Å². The Labute approximate surface area is 190 Å². The van der Waals surface area contributed by atoms with Gasteiger partial charge in [-0.2, -0.15) is 18.3 Å². The molecule has 0 radical (unpaired) electrons. The normalized spacial score (nSPS) is 11.6. The van der Waals surface area contributed by atoms with E-state index < -0.39 is 17.6 Å². The minimum atomic E-state index is -4.53. The van der Waals surface area contributed by atoms with Crippen molar-refractivity contribution in [2.75, 3.05) is 11.1 Å². The fraction of sp³-hybridized carbons (Fsp3) is 0.0417. The van der Waals surface area contributed by atoms with E-state index in [-0.39, 0.29) is 11.1 Å². The van der Waals surface area contributed by atoms with E-state index in [1.807, 2.05) is 6.07 Å². The first-order valence-corrected chi connectivity index (χ1v) is 10.1. The number of pyridine rings is 1. The highest BCUT2D eigenvalue weighted by Crippen LogP contribution is 2.33. The van der Waals surface area contributed by atoms with Gasteiger partial charge in [0.2, 0.25) is 0 Å². The van der Waals surface area contributed by atoms with Crippen LogP contribution >= 0.6 is 0 Å². The second-order valence-electron chi connectivity index (χ2n) is 7.46. The van der Waals surface area contributed by atoms with E-state index in [9.17, 15) is 18.0 Å². The number of hydrogen-bond donors (Lipinski definition) is 3. The Morgan fingerprint density at radius 2 is 1.79 bits per heavy atom. The van der Waals surface area contributed by atoms with Crippen molar-refractivity contribution in [1.82, 2.24) is 15.2 Å². The molecule has 0 spiro atoms. The van der Waals surface area contributed by atoms with Crippen molar-refractivity contribution in [3.8, 4) is 11.5 Å². The summed E-state index contributed by atoms with van der Waals surface area (Å²) in [6.07, 6.45) is -2.93. The molecule has 0 bridgehead atoms. The maximum atomic E-state index is 13.0. The van der Waals surface area contributed by atoms with Gasteiger partial charge >= 0.3 is 6.18 Å². The Morgan fingerprint density at radius 1 is 1.00 bits per heavy atom. The number of hydrogen-bond acceptors (Lipinski definition) is 5. The molecule has 0 aliphatic rings. The summed E-state index contributed by atoms with van der Waals surface area (Å²) in [6.45, 7) is 0. The number of halogens is 3. The summed E-state index contributed by atoms with van der Waals surface area (Å²) in [5.41, 5.74) is 6.88. The molecule has 0 unspecified atom stereocenters. The van der Waals surface area contributed by atoms with Crippen LogP contribution in [0.15, 0.2) is 72.9 Å². The molecule has 0 fully saturated rings. The molecule has 0 atom stereocenters. The number of rotatable bonds is 4. The maximum Gasteiger partial charge on any atom is 0.416 e. The number of amides is 1. The van der Waals surface area contributed by atoms with Crippen molar-refractivity contribution < 1.29 is 22.7 Å². The number of carbonyl (C=O) groups is 1. The monoisotopic (exact) mass is 463 g/mol. The molecule has 0 saturated carbocycles. The molecule has 7 nitrogen and oxygen atoms in total. The molecule has 4 N–H and O–H groups in total. The van der Waals surface area contributed by atoms with Gasteiger partial charge in [-0.1, -0.05) is 6.07 Å². The van der Waals surface area contributed by atoms with Gasteiger partial charge in [0.15, 0.2) is 5.69 Å². The van der Waals surface area contributed by atoms with E-state index in [0.717, 1.165) is 17.5 Å². The van der Waals surface area contributed by atoms with Gasteiger partial charge in [0.05, 0.1) is 22.3 Å². The summed E-state index contributed by atoms with van der Waals surface area (Å²) in [4.78, 5) is 17.0. The highest BCUT2D eigenvalue weighted by atomic mass is 19.4. The molecule has 5 aromatic rings. The number of para-hydroxylation sites is 1. The zero-order valence-corrected chi connectivity index (χ0v) is 17.4. The topological polar surface area (TPSA) is 106 Å². The average molecular weight is 463 g/mol. The van der Waals surface area contributed by atoms with Crippen LogP contribution in [-0.2, 0) is 6.18 Å². The molecule has 10 heteroatoms. The molecule has 170 valence electrons. The van der Waals surface area contributed by atoms with Gasteiger partial charge in [0.25, 0.3) is 5.91 Å². The number of fused-ring (bicyclic) bond motifs is 2. The molecule has 3 aromatic carbocycles. The van der Waals surface area contributed by atoms with E-state index >= 15 is 0 Å². The first-order valence-electron chi connectivity index (χ1n) is 10.1. The van der Waals surface area contributed by atoms with Crippen LogP contribution in [0.2, 0.25) is 0 Å². The number of H-pyrrole nitrogens is 1. The van der Waals surface area contributed by atoms with Crippen molar-refractivity contribution in [1.29, 1.82) is 0 Å². The third kappa shape index (κ3) is 3.96. The van der Waals surface area contributed by atoms with Gasteiger partial charge in [-0.25, -0.2) is 0 Å². The largest absolute Gasteiger partial charge is 0.457 e. The minimum Gasteiger partial charge on any atom is -0.457 e. The van der Waals surface area contributed by atoms with Gasteiger partial charge < -0.3 is 15.8 Å². The van der Waals surface area contributed by atoms with Crippen LogP contribution < -0.4 is 15.8 Å². The van der Waals surface area contributed by atoms with Crippen LogP contribution in [0.3, 0.4) is 0 Å². The zero-order valence-electron chi connectivity index (χ0n) is 17.4. The van der Waals surface area contributed by atoms with Gasteiger partial charge in [-0.05, 0) is 60.7 Å². The van der Waals surface area contributed by atoms with Crippen LogP contribution in [0.4, 0.5) is 24.5 Å². The molecule has 34 heavy (non-hydrogen) atoms. The molecule has 0 aliphatic carbocycles. The van der Waals surface area contributed by atoms with Crippen molar-refractivity contribution in [2.45, 2.75) is 6.18 Å². The van der Waals surface area contributed by atoms with Crippen LogP contribution in [0.25, 0.3) is 21.8 Å². The molecule has 0 saturated heterocycles. The number of nitrogens with two attached hydrogens (primary N) is 1. The van der Waals surface area contributed by atoms with E-state index in [4.69, 9.17) is 10.5 Å². The summed E-state index contributed by atoms with van der Waals surface area (Å²) >= 11 is 0. The van der Waals surface area contributed by atoms with E-state index in [0.29, 0.717) is 33.9 Å². The van der Waals surface area contributed by atoms with Crippen LogP contribution in [-0.4, -0.2) is 21.1 Å². The number of nitrogens with one attached hydrogen (secondary N) is 2. The third-order valence-electron chi connectivity index (χ3n) is 5.21. The number of nitrogen functional groups attached to an aromatic ring is 1. The quantitative estimate of drug-likeness (QED) is 0.294. The van der Waals surface area contributed by atoms with Gasteiger partial charge in [0, 0.05) is 22.7 Å². The number of aromatic nitrogens is 3. The minimum absolute atomic E-state index is 0.0797. The highest BCUT2D eigenvalue weighted by molar-refractivity contribution is 6.11. The molecular formula is C24H16F3N5O2. The SMILES string of the molecule is Nc1cccc2c(Oc3ccc(NC(=O)c4n[nH]c5ccc(C(F)(F)F)cc45)cc3)ccnc12. The molecule has 2 heterocycles. The second kappa shape index (κ2) is 8.07. The number of benzene rings is 3. The summed E-state index contributed by atoms with van der Waals surface area (Å²) in [5.74, 6) is 0.431. The molecule has 0 aliphatic heterocycles. The first-order chi connectivity index (χ1) is 16.3. The van der Waals surface area contributed by atoms with Crippen molar-refractivity contribution in [3.63, 3.8) is 0 Å². The number of carbonyl (C=O) groups excluding carboxylic acids is 1. The fourth-order valence-electron chi connectivity index (χ4n) is 3.55. The first kappa shape index (κ1) is 21.3. The summed E-state index contributed by atoms with van der Waals surface area (Å²) in [7, 11) is 0. The lowest BCUT2D eigenvalue weighted by atomic mass is 10.1. The Kier molecular flexibility index (Phi) is 5.05. The lowest BCUT2D eigenvalue weighted by Gasteiger charge is -2.10.